The van der Waals surface area contributed by atoms with Crippen molar-refractivity contribution >= 4 is 12.0 Å². The molecule has 0 saturated heterocycles. The van der Waals surface area contributed by atoms with Crippen molar-refractivity contribution in [3.8, 4) is 0 Å². The van der Waals surface area contributed by atoms with Crippen molar-refractivity contribution in [3.63, 3.8) is 0 Å². The average Bonchev–Trinajstić information content (AvgIpc) is 2.39. The number of hydrogen-bond donors (Lipinski definition) is 3. The highest BCUT2D eigenvalue weighted by Gasteiger charge is 2.34. The van der Waals surface area contributed by atoms with Crippen LogP contribution in [0.5, 0.6) is 0 Å². The molecular formula is C14H27N3O4. The number of nitrogens with one attached hydrogen (secondary N) is 2. The molecular weight excluding hydrogens is 274 g/mol. The van der Waals surface area contributed by atoms with Crippen LogP contribution in [-0.4, -0.2) is 66.9 Å². The van der Waals surface area contributed by atoms with E-state index in [-0.39, 0.29) is 30.7 Å². The standard InChI is InChI=1S/C14H27N3O4/c1-4-10(9-21-3)15-14(20)16-11-6-12(7-11)17(5-2)8-13(18)19/h10-12H,4-9H2,1-3H3,(H,18,19)(H2,15,16,20). The number of carbonyl (C=O) groups is 2. The minimum absolute atomic E-state index is 0.0185. The molecule has 0 aromatic rings. The minimum atomic E-state index is -0.809. The molecule has 1 rings (SSSR count). The Morgan fingerprint density at radius 2 is 2.05 bits per heavy atom. The van der Waals surface area contributed by atoms with Gasteiger partial charge in [-0.1, -0.05) is 13.8 Å². The molecule has 0 aliphatic heterocycles. The van der Waals surface area contributed by atoms with Crippen molar-refractivity contribution in [1.29, 1.82) is 0 Å². The largest absolute Gasteiger partial charge is 0.480 e. The average molecular weight is 301 g/mol. The van der Waals surface area contributed by atoms with Crippen molar-refractivity contribution in [2.45, 2.75) is 51.2 Å². The Balaban J connectivity index is 2.27. The van der Waals surface area contributed by atoms with Crippen LogP contribution in [0.4, 0.5) is 4.79 Å². The summed E-state index contributed by atoms with van der Waals surface area (Å²) < 4.78 is 5.04. The third-order valence-corrected chi connectivity index (χ3v) is 3.91. The van der Waals surface area contributed by atoms with Gasteiger partial charge < -0.3 is 20.5 Å². The van der Waals surface area contributed by atoms with E-state index in [9.17, 15) is 9.59 Å². The summed E-state index contributed by atoms with van der Waals surface area (Å²) in [5.41, 5.74) is 0. The van der Waals surface area contributed by atoms with Crippen LogP contribution in [0.3, 0.4) is 0 Å². The number of amides is 2. The summed E-state index contributed by atoms with van der Waals surface area (Å²) in [4.78, 5) is 24.5. The van der Waals surface area contributed by atoms with E-state index in [0.29, 0.717) is 13.2 Å². The van der Waals surface area contributed by atoms with Crippen molar-refractivity contribution in [1.82, 2.24) is 15.5 Å². The second kappa shape index (κ2) is 8.84. The third-order valence-electron chi connectivity index (χ3n) is 3.91. The summed E-state index contributed by atoms with van der Waals surface area (Å²) in [5.74, 6) is -0.809. The lowest BCUT2D eigenvalue weighted by Gasteiger charge is -2.42. The Morgan fingerprint density at radius 3 is 2.52 bits per heavy atom. The van der Waals surface area contributed by atoms with E-state index in [2.05, 4.69) is 10.6 Å². The lowest BCUT2D eigenvalue weighted by atomic mass is 9.85. The minimum Gasteiger partial charge on any atom is -0.480 e. The van der Waals surface area contributed by atoms with Gasteiger partial charge in [0.2, 0.25) is 0 Å². The number of rotatable bonds is 9. The smallest absolute Gasteiger partial charge is 0.317 e. The Bertz CT molecular complexity index is 345. The highest BCUT2D eigenvalue weighted by atomic mass is 16.5. The molecule has 0 aromatic carbocycles. The SMILES string of the molecule is CCC(COC)NC(=O)NC1CC(N(CC)CC(=O)O)C1. The fourth-order valence-electron chi connectivity index (χ4n) is 2.55. The zero-order chi connectivity index (χ0) is 15.8. The molecule has 1 atom stereocenters. The maximum Gasteiger partial charge on any atom is 0.317 e. The molecule has 122 valence electrons. The lowest BCUT2D eigenvalue weighted by molar-refractivity contribution is -0.139. The summed E-state index contributed by atoms with van der Waals surface area (Å²) in [6.45, 7) is 5.22. The van der Waals surface area contributed by atoms with E-state index in [1.165, 1.54) is 0 Å². The monoisotopic (exact) mass is 301 g/mol. The van der Waals surface area contributed by atoms with Gasteiger partial charge in [-0.05, 0) is 25.8 Å². The molecule has 1 fully saturated rings. The number of methoxy groups -OCH3 is 1. The molecule has 0 radical (unpaired) electrons. The number of carboxylic acid groups (broad SMARTS) is 1. The summed E-state index contributed by atoms with van der Waals surface area (Å²) in [6.07, 6.45) is 2.42. The fourth-order valence-corrected chi connectivity index (χ4v) is 2.55. The Hall–Kier alpha value is -1.34. The van der Waals surface area contributed by atoms with Crippen molar-refractivity contribution in [2.24, 2.45) is 0 Å². The molecule has 0 aromatic heterocycles. The number of urea groups is 1. The van der Waals surface area contributed by atoms with Gasteiger partial charge in [-0.25, -0.2) is 4.79 Å². The number of carboxylic acids is 1. The molecule has 1 aliphatic carbocycles. The third kappa shape index (κ3) is 5.89. The van der Waals surface area contributed by atoms with E-state index in [1.807, 2.05) is 18.7 Å². The first kappa shape index (κ1) is 17.7. The van der Waals surface area contributed by atoms with Gasteiger partial charge in [-0.3, -0.25) is 9.69 Å². The van der Waals surface area contributed by atoms with Crippen LogP contribution in [0.25, 0.3) is 0 Å². The fraction of sp³-hybridized carbons (Fsp3) is 0.857. The first-order chi connectivity index (χ1) is 9.99. The summed E-state index contributed by atoms with van der Waals surface area (Å²) in [6, 6.07) is 0.212. The highest BCUT2D eigenvalue weighted by molar-refractivity contribution is 5.74. The summed E-state index contributed by atoms with van der Waals surface area (Å²) in [5, 5.41) is 14.6. The van der Waals surface area contributed by atoms with Crippen molar-refractivity contribution in [2.75, 3.05) is 26.8 Å². The van der Waals surface area contributed by atoms with Gasteiger partial charge >= 0.3 is 12.0 Å². The zero-order valence-electron chi connectivity index (χ0n) is 13.1. The number of likely N-dealkylation sites (N-methyl/N-ethyl adjacent to an activating group) is 1. The maximum atomic E-state index is 11.8. The van der Waals surface area contributed by atoms with Gasteiger partial charge in [-0.2, -0.15) is 0 Å². The molecule has 7 nitrogen and oxygen atoms in total. The van der Waals surface area contributed by atoms with Crippen LogP contribution in [-0.2, 0) is 9.53 Å². The predicted octanol–water partition coefficient (Wildman–Crippen LogP) is 0.648. The summed E-state index contributed by atoms with van der Waals surface area (Å²) >= 11 is 0. The van der Waals surface area contributed by atoms with Crippen LogP contribution in [0, 0.1) is 0 Å². The van der Waals surface area contributed by atoms with Gasteiger partial charge in [0.1, 0.15) is 0 Å². The zero-order valence-corrected chi connectivity index (χ0v) is 13.1. The topological polar surface area (TPSA) is 90.9 Å². The van der Waals surface area contributed by atoms with E-state index >= 15 is 0 Å². The Labute approximate surface area is 126 Å². The van der Waals surface area contributed by atoms with Gasteiger partial charge in [0.15, 0.2) is 0 Å². The quantitative estimate of drug-likeness (QED) is 0.581. The molecule has 1 saturated carbocycles. The number of hydrogen-bond acceptors (Lipinski definition) is 4. The highest BCUT2D eigenvalue weighted by Crippen LogP contribution is 2.25. The van der Waals surface area contributed by atoms with E-state index < -0.39 is 5.97 Å². The van der Waals surface area contributed by atoms with Crippen LogP contribution in [0.15, 0.2) is 0 Å². The van der Waals surface area contributed by atoms with E-state index in [4.69, 9.17) is 9.84 Å². The van der Waals surface area contributed by atoms with Crippen LogP contribution < -0.4 is 10.6 Å². The predicted molar refractivity (Wildman–Crippen MR) is 79.3 cm³/mol. The van der Waals surface area contributed by atoms with Crippen molar-refractivity contribution < 1.29 is 19.4 Å². The Kier molecular flexibility index (Phi) is 7.45. The molecule has 2 amide bonds. The molecule has 0 heterocycles. The van der Waals surface area contributed by atoms with Gasteiger partial charge in [0.05, 0.1) is 19.2 Å². The van der Waals surface area contributed by atoms with Gasteiger partial charge in [0, 0.05) is 19.2 Å². The molecule has 21 heavy (non-hydrogen) atoms. The van der Waals surface area contributed by atoms with Gasteiger partial charge in [-0.15, -0.1) is 0 Å². The first-order valence-corrected chi connectivity index (χ1v) is 7.51. The molecule has 1 unspecified atom stereocenters. The second-order valence-electron chi connectivity index (χ2n) is 5.46. The first-order valence-electron chi connectivity index (χ1n) is 7.51. The molecule has 0 spiro atoms. The van der Waals surface area contributed by atoms with Crippen LogP contribution in [0.2, 0.25) is 0 Å². The van der Waals surface area contributed by atoms with Gasteiger partial charge in [0.25, 0.3) is 0 Å². The maximum absolute atomic E-state index is 11.8. The molecule has 7 heteroatoms. The number of ether oxygens (including phenoxy) is 1. The van der Waals surface area contributed by atoms with Crippen LogP contribution in [0.1, 0.15) is 33.1 Å². The lowest BCUT2D eigenvalue weighted by Crippen LogP contribution is -2.57. The Morgan fingerprint density at radius 1 is 1.38 bits per heavy atom. The molecule has 1 aliphatic rings. The second-order valence-corrected chi connectivity index (χ2v) is 5.46. The molecule has 3 N–H and O–H groups in total. The number of carbonyl (C=O) groups excluding carboxylic acids is 1. The normalized spacial score (nSPS) is 22.5. The van der Waals surface area contributed by atoms with E-state index in [1.54, 1.807) is 7.11 Å². The van der Waals surface area contributed by atoms with E-state index in [0.717, 1.165) is 19.3 Å². The number of aliphatic carboxylic acids is 1. The number of nitrogens with zero attached hydrogens (tertiary/aromatic N) is 1. The molecule has 0 bridgehead atoms. The summed E-state index contributed by atoms with van der Waals surface area (Å²) in [7, 11) is 1.61. The van der Waals surface area contributed by atoms with Crippen LogP contribution >= 0.6 is 0 Å². The van der Waals surface area contributed by atoms with Crippen molar-refractivity contribution in [3.05, 3.63) is 0 Å².